The number of rotatable bonds is 3. The van der Waals surface area contributed by atoms with E-state index in [0.717, 1.165) is 0 Å². The van der Waals surface area contributed by atoms with Crippen LogP contribution >= 0.6 is 10.8 Å². The molecule has 44 valence electrons. The van der Waals surface area contributed by atoms with E-state index in [9.17, 15) is 4.21 Å². The summed E-state index contributed by atoms with van der Waals surface area (Å²) >= 11 is 0. The van der Waals surface area contributed by atoms with Crippen LogP contribution in [0, 0.1) is 0 Å². The molecule has 0 aromatic rings. The van der Waals surface area contributed by atoms with Gasteiger partial charge in [0.2, 0.25) is 0 Å². The number of hydrogen-bond acceptors (Lipinski definition) is 3. The van der Waals surface area contributed by atoms with Gasteiger partial charge in [0.15, 0.2) is 0 Å². The molecule has 4 heteroatoms. The van der Waals surface area contributed by atoms with Gasteiger partial charge in [0.25, 0.3) is 0 Å². The Bertz CT molecular complexity index is 64.0. The van der Waals surface area contributed by atoms with Crippen molar-refractivity contribution in [2.75, 3.05) is 18.6 Å². The summed E-state index contributed by atoms with van der Waals surface area (Å²) in [5.74, 6) is 0.573. The lowest BCUT2D eigenvalue weighted by Crippen LogP contribution is -1.87. The van der Waals surface area contributed by atoms with E-state index in [-0.39, 0.29) is 6.61 Å². The highest BCUT2D eigenvalue weighted by Crippen LogP contribution is 2.01. The van der Waals surface area contributed by atoms with Gasteiger partial charge in [0, 0.05) is 12.0 Å². The van der Waals surface area contributed by atoms with E-state index in [0.29, 0.717) is 5.75 Å². The van der Waals surface area contributed by atoms with Crippen LogP contribution in [0.4, 0.5) is 0 Å². The lowest BCUT2D eigenvalue weighted by atomic mass is 10.9. The fourth-order valence-electron chi connectivity index (χ4n) is 0.155. The first kappa shape index (κ1) is 7.46. The Hall–Kier alpha value is 0.460. The first-order valence-corrected chi connectivity index (χ1v) is 4.91. The SMILES string of the molecule is CS(=O)SCCO. The van der Waals surface area contributed by atoms with Gasteiger partial charge in [-0.15, -0.1) is 0 Å². The summed E-state index contributed by atoms with van der Waals surface area (Å²) in [6, 6.07) is 0. The van der Waals surface area contributed by atoms with Crippen molar-refractivity contribution in [2.24, 2.45) is 0 Å². The fraction of sp³-hybridized carbons (Fsp3) is 1.00. The van der Waals surface area contributed by atoms with Gasteiger partial charge < -0.3 is 5.11 Å². The maximum absolute atomic E-state index is 10.2. The summed E-state index contributed by atoms with van der Waals surface area (Å²) in [5.41, 5.74) is 0. The van der Waals surface area contributed by atoms with Gasteiger partial charge in [0.05, 0.1) is 16.4 Å². The van der Waals surface area contributed by atoms with Gasteiger partial charge in [-0.05, 0) is 0 Å². The first-order chi connectivity index (χ1) is 3.27. The molecule has 2 nitrogen and oxygen atoms in total. The minimum absolute atomic E-state index is 0.115. The zero-order valence-electron chi connectivity index (χ0n) is 4.09. The van der Waals surface area contributed by atoms with Crippen LogP contribution < -0.4 is 0 Å². The number of aliphatic hydroxyl groups excluding tert-OH is 1. The van der Waals surface area contributed by atoms with Crippen molar-refractivity contribution in [2.45, 2.75) is 0 Å². The highest BCUT2D eigenvalue weighted by Gasteiger charge is 1.86. The van der Waals surface area contributed by atoms with Crippen LogP contribution in [0.3, 0.4) is 0 Å². The minimum atomic E-state index is -0.809. The van der Waals surface area contributed by atoms with Crippen LogP contribution in [0.2, 0.25) is 0 Å². The normalized spacial score (nSPS) is 14.0. The third-order valence-electron chi connectivity index (χ3n) is 0.341. The summed E-state index contributed by atoms with van der Waals surface area (Å²) in [4.78, 5) is 0. The van der Waals surface area contributed by atoms with Gasteiger partial charge in [-0.2, -0.15) is 0 Å². The Labute approximate surface area is 49.2 Å². The number of hydrogen-bond donors (Lipinski definition) is 1. The predicted octanol–water partition coefficient (Wildman–Crippen LogP) is 0.00540. The lowest BCUT2D eigenvalue weighted by Gasteiger charge is -1.87. The highest BCUT2D eigenvalue weighted by molar-refractivity contribution is 8.68. The van der Waals surface area contributed by atoms with E-state index >= 15 is 0 Å². The van der Waals surface area contributed by atoms with Crippen LogP contribution in [0.15, 0.2) is 0 Å². The van der Waals surface area contributed by atoms with Gasteiger partial charge in [-0.25, -0.2) is 4.21 Å². The molecule has 7 heavy (non-hydrogen) atoms. The molecule has 0 aliphatic rings. The molecule has 0 amide bonds. The average Bonchev–Trinajstić information content (AvgIpc) is 1.61. The second-order valence-corrected chi connectivity index (χ2v) is 4.51. The molecule has 0 heterocycles. The van der Waals surface area contributed by atoms with Gasteiger partial charge in [0.1, 0.15) is 0 Å². The molecule has 0 radical (unpaired) electrons. The molecule has 0 saturated heterocycles. The average molecular weight is 140 g/mol. The molecule has 0 saturated carbocycles. The third kappa shape index (κ3) is 6.46. The van der Waals surface area contributed by atoms with E-state index in [4.69, 9.17) is 5.11 Å². The molecule has 0 rings (SSSR count). The number of aliphatic hydroxyl groups is 1. The van der Waals surface area contributed by atoms with Gasteiger partial charge in [-0.3, -0.25) is 0 Å². The Morgan fingerprint density at radius 1 is 1.86 bits per heavy atom. The first-order valence-electron chi connectivity index (χ1n) is 1.85. The lowest BCUT2D eigenvalue weighted by molar-refractivity contribution is 0.323. The quantitative estimate of drug-likeness (QED) is 0.561. The molecule has 1 atom stereocenters. The van der Waals surface area contributed by atoms with Crippen molar-refractivity contribution in [1.82, 2.24) is 0 Å². The molecule has 0 fully saturated rings. The monoisotopic (exact) mass is 140 g/mol. The maximum atomic E-state index is 10.2. The van der Waals surface area contributed by atoms with Crippen molar-refractivity contribution in [3.05, 3.63) is 0 Å². The van der Waals surface area contributed by atoms with Crippen molar-refractivity contribution in [3.63, 3.8) is 0 Å². The van der Waals surface area contributed by atoms with Gasteiger partial charge in [-0.1, -0.05) is 10.8 Å². The second-order valence-electron chi connectivity index (χ2n) is 0.947. The molecular formula is C3H8O2S2. The molecule has 0 aliphatic carbocycles. The molecule has 0 spiro atoms. The molecule has 1 N–H and O–H groups in total. The van der Waals surface area contributed by atoms with E-state index in [1.807, 2.05) is 0 Å². The zero-order chi connectivity index (χ0) is 5.70. The smallest absolute Gasteiger partial charge is 0.0773 e. The van der Waals surface area contributed by atoms with Crippen LogP contribution in [0.5, 0.6) is 0 Å². The van der Waals surface area contributed by atoms with Crippen molar-refractivity contribution in [1.29, 1.82) is 0 Å². The van der Waals surface area contributed by atoms with Crippen LogP contribution in [0.25, 0.3) is 0 Å². The predicted molar refractivity (Wildman–Crippen MR) is 33.6 cm³/mol. The molecule has 0 bridgehead atoms. The van der Waals surface area contributed by atoms with Crippen LogP contribution in [0.1, 0.15) is 0 Å². The molecule has 0 aromatic carbocycles. The molecule has 1 unspecified atom stereocenters. The Kier molecular flexibility index (Phi) is 4.92. The fourth-order valence-corrected chi connectivity index (χ4v) is 1.39. The Morgan fingerprint density at radius 2 is 2.43 bits per heavy atom. The Balaban J connectivity index is 2.82. The van der Waals surface area contributed by atoms with Crippen molar-refractivity contribution in [3.8, 4) is 0 Å². The topological polar surface area (TPSA) is 37.3 Å². The van der Waals surface area contributed by atoms with Crippen molar-refractivity contribution < 1.29 is 9.32 Å². The van der Waals surface area contributed by atoms with Crippen LogP contribution in [-0.4, -0.2) is 27.9 Å². The van der Waals surface area contributed by atoms with E-state index in [1.54, 1.807) is 6.26 Å². The second kappa shape index (κ2) is 4.61. The molecule has 0 aliphatic heterocycles. The summed E-state index contributed by atoms with van der Waals surface area (Å²) < 4.78 is 10.2. The third-order valence-corrected chi connectivity index (χ3v) is 2.52. The van der Waals surface area contributed by atoms with E-state index in [2.05, 4.69) is 0 Å². The van der Waals surface area contributed by atoms with E-state index < -0.39 is 9.83 Å². The molecular weight excluding hydrogens is 132 g/mol. The summed E-state index contributed by atoms with van der Waals surface area (Å²) in [5, 5.41) is 8.16. The van der Waals surface area contributed by atoms with E-state index in [1.165, 1.54) is 10.8 Å². The molecule has 0 aromatic heterocycles. The van der Waals surface area contributed by atoms with Gasteiger partial charge >= 0.3 is 0 Å². The summed E-state index contributed by atoms with van der Waals surface area (Å²) in [6.07, 6.45) is 1.60. The summed E-state index contributed by atoms with van der Waals surface area (Å²) in [7, 11) is 0.445. The maximum Gasteiger partial charge on any atom is 0.0773 e. The zero-order valence-corrected chi connectivity index (χ0v) is 5.72. The Morgan fingerprint density at radius 3 is 2.57 bits per heavy atom. The van der Waals surface area contributed by atoms with Crippen LogP contribution in [-0.2, 0) is 9.83 Å². The largest absolute Gasteiger partial charge is 0.395 e. The summed E-state index contributed by atoms with van der Waals surface area (Å²) in [6.45, 7) is 0.115. The highest BCUT2D eigenvalue weighted by atomic mass is 33.1. The standard InChI is InChI=1S/C3H8O2S2/c1-7(5)6-3-2-4/h4H,2-3H2,1H3. The minimum Gasteiger partial charge on any atom is -0.395 e. The van der Waals surface area contributed by atoms with Crippen molar-refractivity contribution >= 4 is 20.6 Å².